The van der Waals surface area contributed by atoms with Gasteiger partial charge in [-0.15, -0.1) is 0 Å². The van der Waals surface area contributed by atoms with E-state index in [1.807, 2.05) is 4.68 Å². The highest BCUT2D eigenvalue weighted by Gasteiger charge is 2.21. The molecule has 3 N–H and O–H groups in total. The number of aromatic amines is 1. The lowest BCUT2D eigenvalue weighted by Crippen LogP contribution is -2.29. The van der Waals surface area contributed by atoms with Gasteiger partial charge in [-0.1, -0.05) is 17.7 Å². The van der Waals surface area contributed by atoms with Crippen LogP contribution in [0.3, 0.4) is 0 Å². The molecule has 1 aromatic carbocycles. The fraction of sp³-hybridized carbons (Fsp3) is 0.250. The number of aromatic nitrogens is 3. The van der Waals surface area contributed by atoms with E-state index in [1.165, 1.54) is 30.5 Å². The fourth-order valence-corrected chi connectivity index (χ4v) is 3.64. The Labute approximate surface area is 171 Å². The minimum absolute atomic E-state index is 0.0209. The largest absolute Gasteiger partial charge is 0.356 e. The minimum atomic E-state index is -0.708. The summed E-state index contributed by atoms with van der Waals surface area (Å²) in [5.74, 6) is -1.73. The van der Waals surface area contributed by atoms with Gasteiger partial charge in [-0.2, -0.15) is 5.10 Å². The average Bonchev–Trinajstić information content (AvgIpc) is 3.38. The number of carbonyl (C=O) groups excluding carboxylic acids is 2. The van der Waals surface area contributed by atoms with Gasteiger partial charge in [0.1, 0.15) is 11.5 Å². The van der Waals surface area contributed by atoms with Gasteiger partial charge < -0.3 is 15.6 Å². The van der Waals surface area contributed by atoms with E-state index in [0.717, 1.165) is 25.9 Å². The summed E-state index contributed by atoms with van der Waals surface area (Å²) in [4.78, 5) is 27.8. The Morgan fingerprint density at radius 2 is 2.07 bits per heavy atom. The van der Waals surface area contributed by atoms with Gasteiger partial charge in [-0.05, 0) is 44.1 Å². The first-order chi connectivity index (χ1) is 14.0. The predicted molar refractivity (Wildman–Crippen MR) is 107 cm³/mol. The van der Waals surface area contributed by atoms with Crippen LogP contribution in [0.4, 0.5) is 10.1 Å². The zero-order valence-electron chi connectivity index (χ0n) is 15.4. The van der Waals surface area contributed by atoms with Crippen molar-refractivity contribution in [1.82, 2.24) is 20.1 Å². The average molecular weight is 416 g/mol. The molecule has 150 valence electrons. The van der Waals surface area contributed by atoms with Crippen LogP contribution in [0.2, 0.25) is 5.02 Å². The maximum atomic E-state index is 14.0. The number of amides is 1. The zero-order valence-corrected chi connectivity index (χ0v) is 16.2. The van der Waals surface area contributed by atoms with Crippen LogP contribution in [0.5, 0.6) is 0 Å². The number of nitrogens with one attached hydrogen (secondary N) is 3. The summed E-state index contributed by atoms with van der Waals surface area (Å²) in [7, 11) is 0. The lowest BCUT2D eigenvalue weighted by atomic mass is 10.1. The number of ketones is 1. The summed E-state index contributed by atoms with van der Waals surface area (Å²) < 4.78 is 15.8. The molecule has 29 heavy (non-hydrogen) atoms. The number of rotatable bonds is 5. The molecule has 3 aromatic rings. The van der Waals surface area contributed by atoms with Crippen molar-refractivity contribution < 1.29 is 14.0 Å². The van der Waals surface area contributed by atoms with Gasteiger partial charge in [0.15, 0.2) is 5.78 Å². The van der Waals surface area contributed by atoms with Crippen LogP contribution in [-0.4, -0.2) is 39.5 Å². The Balaban J connectivity index is 1.46. The van der Waals surface area contributed by atoms with Crippen LogP contribution >= 0.6 is 11.6 Å². The van der Waals surface area contributed by atoms with Crippen molar-refractivity contribution in [3.05, 3.63) is 70.5 Å². The molecule has 3 heterocycles. The van der Waals surface area contributed by atoms with Gasteiger partial charge in [-0.3, -0.25) is 14.3 Å². The van der Waals surface area contributed by atoms with Crippen molar-refractivity contribution in [3.63, 3.8) is 0 Å². The van der Waals surface area contributed by atoms with E-state index >= 15 is 0 Å². The van der Waals surface area contributed by atoms with Gasteiger partial charge in [-0.25, -0.2) is 4.39 Å². The van der Waals surface area contributed by atoms with Crippen LogP contribution in [0.25, 0.3) is 0 Å². The van der Waals surface area contributed by atoms with E-state index in [2.05, 4.69) is 20.7 Å². The van der Waals surface area contributed by atoms with Crippen LogP contribution in [0, 0.1) is 5.82 Å². The number of halogens is 2. The molecule has 0 unspecified atom stereocenters. The van der Waals surface area contributed by atoms with E-state index < -0.39 is 17.5 Å². The number of carbonyl (C=O) groups is 2. The smallest absolute Gasteiger partial charge is 0.272 e. The van der Waals surface area contributed by atoms with Crippen molar-refractivity contribution in [2.24, 2.45) is 0 Å². The maximum Gasteiger partial charge on any atom is 0.272 e. The van der Waals surface area contributed by atoms with E-state index in [4.69, 9.17) is 11.6 Å². The van der Waals surface area contributed by atoms with E-state index in [-0.39, 0.29) is 21.8 Å². The van der Waals surface area contributed by atoms with E-state index in [9.17, 15) is 14.0 Å². The van der Waals surface area contributed by atoms with E-state index in [0.29, 0.717) is 11.7 Å². The van der Waals surface area contributed by atoms with Crippen LogP contribution in [0.1, 0.15) is 45.3 Å². The van der Waals surface area contributed by atoms with Gasteiger partial charge in [0, 0.05) is 18.0 Å². The van der Waals surface area contributed by atoms with Crippen molar-refractivity contribution in [1.29, 1.82) is 0 Å². The van der Waals surface area contributed by atoms with Crippen LogP contribution < -0.4 is 10.6 Å². The highest BCUT2D eigenvalue weighted by Crippen LogP contribution is 2.23. The second-order valence-corrected chi connectivity index (χ2v) is 7.28. The predicted octanol–water partition coefficient (Wildman–Crippen LogP) is 3.41. The highest BCUT2D eigenvalue weighted by molar-refractivity contribution is 6.35. The lowest BCUT2D eigenvalue weighted by Gasteiger charge is -2.22. The zero-order chi connectivity index (χ0) is 20.4. The normalized spacial score (nSPS) is 14.7. The lowest BCUT2D eigenvalue weighted by molar-refractivity contribution is 0.102. The summed E-state index contributed by atoms with van der Waals surface area (Å²) >= 11 is 5.95. The minimum Gasteiger partial charge on any atom is -0.356 e. The molecular weight excluding hydrogens is 397 g/mol. The molecule has 7 nitrogen and oxygen atoms in total. The maximum absolute atomic E-state index is 14.0. The summed E-state index contributed by atoms with van der Waals surface area (Å²) in [6, 6.07) is 5.71. The molecule has 9 heteroatoms. The third-order valence-corrected chi connectivity index (χ3v) is 5.24. The molecule has 1 aliphatic rings. The quantitative estimate of drug-likeness (QED) is 0.557. The molecule has 1 saturated heterocycles. The number of nitrogens with zero attached hydrogens (tertiary/aromatic N) is 2. The number of H-pyrrole nitrogens is 1. The Kier molecular flexibility index (Phi) is 5.46. The van der Waals surface area contributed by atoms with Crippen LogP contribution in [0.15, 0.2) is 42.9 Å². The van der Waals surface area contributed by atoms with Gasteiger partial charge in [0.05, 0.1) is 28.5 Å². The van der Waals surface area contributed by atoms with E-state index in [1.54, 1.807) is 12.4 Å². The first kappa shape index (κ1) is 19.4. The summed E-state index contributed by atoms with van der Waals surface area (Å²) in [6.07, 6.45) is 6.71. The Bertz CT molecular complexity index is 1030. The molecule has 1 fully saturated rings. The molecule has 0 aliphatic carbocycles. The highest BCUT2D eigenvalue weighted by atomic mass is 35.5. The molecule has 2 aromatic heterocycles. The Morgan fingerprint density at radius 1 is 1.28 bits per heavy atom. The third kappa shape index (κ3) is 4.08. The number of anilines is 1. The molecule has 0 spiro atoms. The Morgan fingerprint density at radius 3 is 2.83 bits per heavy atom. The first-order valence-electron chi connectivity index (χ1n) is 9.26. The number of piperidine rings is 1. The van der Waals surface area contributed by atoms with Gasteiger partial charge in [0.2, 0.25) is 0 Å². The Hall–Kier alpha value is -2.97. The SMILES string of the molecule is O=C(Nc1cnn(C2CCNCC2)c1)c1cc(C(=O)c2c(F)cccc2Cl)c[nH]1. The van der Waals surface area contributed by atoms with Crippen LogP contribution in [-0.2, 0) is 0 Å². The van der Waals surface area contributed by atoms with Crippen molar-refractivity contribution in [2.45, 2.75) is 18.9 Å². The first-order valence-corrected chi connectivity index (χ1v) is 9.64. The third-order valence-electron chi connectivity index (χ3n) is 4.92. The fourth-order valence-electron chi connectivity index (χ4n) is 3.39. The monoisotopic (exact) mass is 415 g/mol. The van der Waals surface area contributed by atoms with Gasteiger partial charge >= 0.3 is 0 Å². The standard InChI is InChI=1S/C20H19ClFN5O2/c21-15-2-1-3-16(22)18(15)19(28)12-8-17(24-9-12)20(29)26-13-10-25-27(11-13)14-4-6-23-7-5-14/h1-3,8-11,14,23-24H,4-7H2,(H,26,29). The molecule has 1 amide bonds. The number of hydrogen-bond acceptors (Lipinski definition) is 4. The van der Waals surface area contributed by atoms with Crippen molar-refractivity contribution in [3.8, 4) is 0 Å². The number of hydrogen-bond donors (Lipinski definition) is 3. The second kappa shape index (κ2) is 8.18. The second-order valence-electron chi connectivity index (χ2n) is 6.87. The van der Waals surface area contributed by atoms with Gasteiger partial charge in [0.25, 0.3) is 5.91 Å². The molecule has 0 saturated carbocycles. The molecule has 0 atom stereocenters. The summed E-state index contributed by atoms with van der Waals surface area (Å²) in [5.41, 5.74) is 0.666. The topological polar surface area (TPSA) is 91.8 Å². The molecule has 0 radical (unpaired) electrons. The van der Waals surface area contributed by atoms with Crippen molar-refractivity contribution >= 4 is 29.0 Å². The molecular formula is C20H19ClFN5O2. The summed E-state index contributed by atoms with van der Waals surface area (Å²) in [6.45, 7) is 1.88. The molecule has 1 aliphatic heterocycles. The molecule has 0 bridgehead atoms. The van der Waals surface area contributed by atoms with Crippen molar-refractivity contribution in [2.75, 3.05) is 18.4 Å². The summed E-state index contributed by atoms with van der Waals surface area (Å²) in [5, 5.41) is 10.4. The number of benzene rings is 1. The molecule has 4 rings (SSSR count).